The second-order valence-electron chi connectivity index (χ2n) is 2.02. The van der Waals surface area contributed by atoms with Crippen LogP contribution >= 0.6 is 0 Å². The first kappa shape index (κ1) is 7.40. The molecule has 4 nitrogen and oxygen atoms in total. The summed E-state index contributed by atoms with van der Waals surface area (Å²) in [6.45, 7) is 0. The molecule has 4 heteroatoms. The molecular weight excluding hydrogens is 150 g/mol. The van der Waals surface area contributed by atoms with Crippen molar-refractivity contribution in [3.8, 4) is 17.2 Å². The number of aromatic hydroxyl groups is 3. The maximum Gasteiger partial charge on any atom is 0.157 e. The van der Waals surface area contributed by atoms with Gasteiger partial charge >= 0.3 is 0 Å². The summed E-state index contributed by atoms with van der Waals surface area (Å²) in [6, 6.07) is 1.95. The highest BCUT2D eigenvalue weighted by Gasteiger charge is 2.07. The minimum Gasteiger partial charge on any atom is -0.508 e. The van der Waals surface area contributed by atoms with E-state index in [4.69, 9.17) is 15.3 Å². The summed E-state index contributed by atoms with van der Waals surface area (Å²) in [7, 11) is 0. The summed E-state index contributed by atoms with van der Waals surface area (Å²) in [6.07, 6.45) is 0.310. The number of rotatable bonds is 1. The number of benzene rings is 1. The van der Waals surface area contributed by atoms with Crippen molar-refractivity contribution < 1.29 is 20.1 Å². The number of carbonyl (C=O) groups is 1. The Morgan fingerprint density at radius 1 is 1.09 bits per heavy atom. The number of carbonyl (C=O) groups excluding carboxylic acids is 1. The van der Waals surface area contributed by atoms with Crippen molar-refractivity contribution in [2.45, 2.75) is 0 Å². The molecule has 0 aliphatic carbocycles. The Labute approximate surface area is 62.3 Å². The Kier molecular flexibility index (Phi) is 1.68. The largest absolute Gasteiger partial charge is 0.508 e. The van der Waals surface area contributed by atoms with Gasteiger partial charge < -0.3 is 15.3 Å². The predicted octanol–water partition coefficient (Wildman–Crippen LogP) is 0.616. The molecule has 1 rings (SSSR count). The van der Waals surface area contributed by atoms with Gasteiger partial charge in [0.05, 0.1) is 5.56 Å². The van der Waals surface area contributed by atoms with Crippen LogP contribution in [0.25, 0.3) is 0 Å². The summed E-state index contributed by atoms with van der Waals surface area (Å²) in [5, 5.41) is 26.6. The lowest BCUT2D eigenvalue weighted by Gasteiger charge is -2.00. The highest BCUT2D eigenvalue weighted by Crippen LogP contribution is 2.29. The van der Waals surface area contributed by atoms with Gasteiger partial charge in [-0.25, -0.2) is 0 Å². The summed E-state index contributed by atoms with van der Waals surface area (Å²) in [5.74, 6) is -1.15. The van der Waals surface area contributed by atoms with Gasteiger partial charge in [-0.15, -0.1) is 0 Å². The third-order valence-electron chi connectivity index (χ3n) is 1.24. The number of hydrogen-bond acceptors (Lipinski definition) is 4. The van der Waals surface area contributed by atoms with Crippen molar-refractivity contribution in [1.82, 2.24) is 0 Å². The van der Waals surface area contributed by atoms with Crippen molar-refractivity contribution in [3.05, 3.63) is 17.7 Å². The molecule has 11 heavy (non-hydrogen) atoms. The highest BCUT2D eigenvalue weighted by atomic mass is 16.3. The van der Waals surface area contributed by atoms with Gasteiger partial charge in [0.25, 0.3) is 0 Å². The topological polar surface area (TPSA) is 77.8 Å². The van der Waals surface area contributed by atoms with Crippen LogP contribution in [-0.2, 0) is 0 Å². The van der Waals surface area contributed by atoms with Gasteiger partial charge in [0, 0.05) is 12.1 Å². The Morgan fingerprint density at radius 3 is 1.91 bits per heavy atom. The standard InChI is InChI=1S/C7H6O4/c8-3-5-6(10)1-4(9)2-7(5)11/h1-3,9-11H/i3+2. The molecule has 0 aliphatic rings. The molecule has 0 unspecified atom stereocenters. The number of aldehydes is 1. The van der Waals surface area contributed by atoms with E-state index in [1.807, 2.05) is 0 Å². The summed E-state index contributed by atoms with van der Waals surface area (Å²) in [4.78, 5) is 10.2. The molecule has 3 N–H and O–H groups in total. The number of phenols is 3. The van der Waals surface area contributed by atoms with Crippen LogP contribution in [0.3, 0.4) is 0 Å². The zero-order valence-electron chi connectivity index (χ0n) is 5.48. The van der Waals surface area contributed by atoms with Gasteiger partial charge in [-0.05, 0) is 0 Å². The molecule has 0 radical (unpaired) electrons. The van der Waals surface area contributed by atoms with E-state index in [9.17, 15) is 4.79 Å². The molecule has 0 spiro atoms. The average Bonchev–Trinajstić information content (AvgIpc) is 1.85. The van der Waals surface area contributed by atoms with Gasteiger partial charge in [-0.2, -0.15) is 0 Å². The third-order valence-corrected chi connectivity index (χ3v) is 1.24. The molecule has 0 fully saturated rings. The first-order valence-electron chi connectivity index (χ1n) is 2.85. The van der Waals surface area contributed by atoms with Crippen molar-refractivity contribution >= 4 is 6.29 Å². The summed E-state index contributed by atoms with van der Waals surface area (Å²) in [5.41, 5.74) is -0.220. The molecule has 58 valence electrons. The van der Waals surface area contributed by atoms with Crippen LogP contribution in [0.1, 0.15) is 10.4 Å². The maximum absolute atomic E-state index is 10.2. The zero-order chi connectivity index (χ0) is 8.43. The molecule has 0 saturated heterocycles. The molecule has 0 saturated carbocycles. The van der Waals surface area contributed by atoms with Crippen LogP contribution in [0.5, 0.6) is 17.2 Å². The van der Waals surface area contributed by atoms with Gasteiger partial charge in [-0.3, -0.25) is 4.79 Å². The first-order valence-corrected chi connectivity index (χ1v) is 2.85. The first-order chi connectivity index (χ1) is 5.15. The van der Waals surface area contributed by atoms with Gasteiger partial charge in [0.15, 0.2) is 6.29 Å². The van der Waals surface area contributed by atoms with Crippen LogP contribution in [0.15, 0.2) is 12.1 Å². The van der Waals surface area contributed by atoms with Crippen LogP contribution in [-0.4, -0.2) is 21.6 Å². The Bertz CT molecular complexity index is 269. The second-order valence-corrected chi connectivity index (χ2v) is 2.02. The van der Waals surface area contributed by atoms with Crippen LogP contribution in [0.2, 0.25) is 0 Å². The minimum absolute atomic E-state index is 0.220. The normalized spacial score (nSPS) is 9.45. The smallest absolute Gasteiger partial charge is 0.157 e. The van der Waals surface area contributed by atoms with Crippen molar-refractivity contribution in [2.75, 3.05) is 0 Å². The molecule has 0 amide bonds. The molecule has 0 heterocycles. The average molecular weight is 156 g/mol. The van der Waals surface area contributed by atoms with E-state index in [2.05, 4.69) is 0 Å². The SMILES string of the molecule is O=[14CH]c1c(O)cc(O)cc1O. The van der Waals surface area contributed by atoms with E-state index < -0.39 is 11.5 Å². The molecular formula is C7H6O4. The van der Waals surface area contributed by atoms with E-state index in [1.54, 1.807) is 0 Å². The van der Waals surface area contributed by atoms with Crippen molar-refractivity contribution in [1.29, 1.82) is 0 Å². The fourth-order valence-electron chi connectivity index (χ4n) is 0.729. The lowest BCUT2D eigenvalue weighted by molar-refractivity contribution is 0.111. The van der Waals surface area contributed by atoms with Gasteiger partial charge in [0.1, 0.15) is 17.2 Å². The van der Waals surface area contributed by atoms with Crippen LogP contribution in [0.4, 0.5) is 0 Å². The van der Waals surface area contributed by atoms with Crippen molar-refractivity contribution in [2.24, 2.45) is 0 Å². The van der Waals surface area contributed by atoms with Gasteiger partial charge in [0.2, 0.25) is 0 Å². The molecule has 0 bridgehead atoms. The van der Waals surface area contributed by atoms with Crippen LogP contribution in [0, 0.1) is 0 Å². The fourth-order valence-corrected chi connectivity index (χ4v) is 0.729. The summed E-state index contributed by atoms with van der Waals surface area (Å²) >= 11 is 0. The van der Waals surface area contributed by atoms with E-state index in [0.29, 0.717) is 6.29 Å². The highest BCUT2D eigenvalue weighted by molar-refractivity contribution is 5.83. The Morgan fingerprint density at radius 2 is 1.55 bits per heavy atom. The minimum atomic E-state index is -0.433. The molecule has 0 atom stereocenters. The van der Waals surface area contributed by atoms with E-state index >= 15 is 0 Å². The van der Waals surface area contributed by atoms with E-state index in [-0.39, 0.29) is 11.3 Å². The molecule has 0 aromatic heterocycles. The third kappa shape index (κ3) is 1.24. The monoisotopic (exact) mass is 156 g/mol. The number of phenolic OH excluding ortho intramolecular Hbond substituents is 3. The van der Waals surface area contributed by atoms with Crippen molar-refractivity contribution in [3.63, 3.8) is 0 Å². The molecule has 0 aliphatic heterocycles. The quantitative estimate of drug-likeness (QED) is 0.520. The summed E-state index contributed by atoms with van der Waals surface area (Å²) < 4.78 is 0. The van der Waals surface area contributed by atoms with E-state index in [0.717, 1.165) is 12.1 Å². The lowest BCUT2D eigenvalue weighted by atomic mass is 10.2. The van der Waals surface area contributed by atoms with E-state index in [1.165, 1.54) is 0 Å². The lowest BCUT2D eigenvalue weighted by Crippen LogP contribution is -1.81. The Balaban J connectivity index is 3.36. The molecule has 1 aromatic rings. The zero-order valence-corrected chi connectivity index (χ0v) is 5.48. The molecule has 1 aromatic carbocycles. The predicted molar refractivity (Wildman–Crippen MR) is 36.8 cm³/mol. The van der Waals surface area contributed by atoms with Crippen LogP contribution < -0.4 is 0 Å². The fraction of sp³-hybridized carbons (Fsp3) is 0. The second kappa shape index (κ2) is 2.49. The maximum atomic E-state index is 10.2. The Hall–Kier alpha value is -1.71. The van der Waals surface area contributed by atoms with Gasteiger partial charge in [-0.1, -0.05) is 0 Å². The number of hydrogen-bond donors (Lipinski definition) is 3.